The predicted octanol–water partition coefficient (Wildman–Crippen LogP) is 3.03. The number of furan rings is 1. The third kappa shape index (κ3) is 2.55. The molecule has 1 amide bonds. The van der Waals surface area contributed by atoms with Gasteiger partial charge in [0.15, 0.2) is 0 Å². The zero-order valence-electron chi connectivity index (χ0n) is 12.7. The molecule has 1 aliphatic heterocycles. The lowest BCUT2D eigenvalue weighted by Gasteiger charge is -2.24. The van der Waals surface area contributed by atoms with Crippen LogP contribution in [0.2, 0.25) is 0 Å². The summed E-state index contributed by atoms with van der Waals surface area (Å²) in [5.41, 5.74) is 0.131. The highest BCUT2D eigenvalue weighted by Crippen LogP contribution is 2.43. The van der Waals surface area contributed by atoms with Crippen molar-refractivity contribution in [3.05, 3.63) is 59.3 Å². The SMILES string of the molecule is O=C(c1ccoc1C1CC1)N1CCC(O)(c2ccc(F)cc2)C1. The molecule has 1 aromatic heterocycles. The number of rotatable bonds is 3. The molecule has 1 saturated heterocycles. The summed E-state index contributed by atoms with van der Waals surface area (Å²) >= 11 is 0. The Kier molecular flexibility index (Phi) is 3.27. The minimum absolute atomic E-state index is 0.0984. The fraction of sp³-hybridized carbons (Fsp3) is 0.389. The van der Waals surface area contributed by atoms with Gasteiger partial charge in [-0.3, -0.25) is 4.79 Å². The van der Waals surface area contributed by atoms with Crippen LogP contribution >= 0.6 is 0 Å². The normalized spacial score (nSPS) is 24.2. The van der Waals surface area contributed by atoms with E-state index in [0.717, 1.165) is 18.6 Å². The molecule has 1 saturated carbocycles. The maximum Gasteiger partial charge on any atom is 0.257 e. The van der Waals surface area contributed by atoms with Gasteiger partial charge in [0.25, 0.3) is 5.91 Å². The molecule has 1 aliphatic carbocycles. The van der Waals surface area contributed by atoms with E-state index in [-0.39, 0.29) is 18.3 Å². The number of carbonyl (C=O) groups excluding carboxylic acids is 1. The van der Waals surface area contributed by atoms with Gasteiger partial charge in [-0.05, 0) is 43.0 Å². The fourth-order valence-corrected chi connectivity index (χ4v) is 3.29. The Labute approximate surface area is 133 Å². The molecular formula is C18H18FNO3. The Morgan fingerprint density at radius 3 is 2.70 bits per heavy atom. The number of nitrogens with zero attached hydrogens (tertiary/aromatic N) is 1. The minimum atomic E-state index is -1.12. The molecule has 0 radical (unpaired) electrons. The molecule has 0 spiro atoms. The summed E-state index contributed by atoms with van der Waals surface area (Å²) in [6.07, 6.45) is 4.13. The lowest BCUT2D eigenvalue weighted by atomic mass is 9.93. The molecule has 2 fully saturated rings. The first kappa shape index (κ1) is 14.5. The molecule has 1 aromatic carbocycles. The Morgan fingerprint density at radius 2 is 2.00 bits per heavy atom. The van der Waals surface area contributed by atoms with Gasteiger partial charge in [-0.15, -0.1) is 0 Å². The van der Waals surface area contributed by atoms with E-state index in [0.29, 0.717) is 30.0 Å². The number of halogens is 1. The maximum atomic E-state index is 13.1. The number of β-amino-alcohol motifs (C(OH)–C–C–N with tert-alkyl or cyclic N) is 1. The van der Waals surface area contributed by atoms with Crippen molar-refractivity contribution < 1.29 is 18.7 Å². The van der Waals surface area contributed by atoms with Crippen molar-refractivity contribution in [2.45, 2.75) is 30.8 Å². The molecule has 1 atom stereocenters. The largest absolute Gasteiger partial charge is 0.468 e. The summed E-state index contributed by atoms with van der Waals surface area (Å²) in [5.74, 6) is 0.698. The van der Waals surface area contributed by atoms with E-state index in [1.165, 1.54) is 12.1 Å². The van der Waals surface area contributed by atoms with E-state index in [4.69, 9.17) is 4.42 Å². The van der Waals surface area contributed by atoms with E-state index >= 15 is 0 Å². The Balaban J connectivity index is 1.54. The van der Waals surface area contributed by atoms with Crippen LogP contribution in [0.15, 0.2) is 41.0 Å². The van der Waals surface area contributed by atoms with Crippen LogP contribution in [-0.4, -0.2) is 29.0 Å². The molecule has 2 heterocycles. The van der Waals surface area contributed by atoms with Gasteiger partial charge in [0.1, 0.15) is 17.2 Å². The summed E-state index contributed by atoms with van der Waals surface area (Å²) in [6, 6.07) is 7.54. The topological polar surface area (TPSA) is 53.7 Å². The Hall–Kier alpha value is -2.14. The van der Waals surface area contributed by atoms with Crippen molar-refractivity contribution in [1.29, 1.82) is 0 Å². The standard InChI is InChI=1S/C18H18FNO3/c19-14-5-3-13(4-6-14)18(22)8-9-20(11-18)17(21)15-7-10-23-16(15)12-1-2-12/h3-7,10,12,22H,1-2,8-9,11H2. The van der Waals surface area contributed by atoms with Crippen molar-refractivity contribution >= 4 is 5.91 Å². The van der Waals surface area contributed by atoms with Crippen LogP contribution < -0.4 is 0 Å². The molecule has 23 heavy (non-hydrogen) atoms. The van der Waals surface area contributed by atoms with Crippen molar-refractivity contribution in [1.82, 2.24) is 4.90 Å². The van der Waals surface area contributed by atoms with Gasteiger partial charge >= 0.3 is 0 Å². The number of amides is 1. The van der Waals surface area contributed by atoms with Gasteiger partial charge in [0.05, 0.1) is 18.4 Å². The summed E-state index contributed by atoms with van der Waals surface area (Å²) in [5, 5.41) is 10.8. The summed E-state index contributed by atoms with van der Waals surface area (Å²) in [4.78, 5) is 14.4. The first-order valence-electron chi connectivity index (χ1n) is 7.92. The third-order valence-corrected chi connectivity index (χ3v) is 4.79. The van der Waals surface area contributed by atoms with Gasteiger partial charge < -0.3 is 14.4 Å². The molecule has 4 rings (SSSR count). The molecule has 1 unspecified atom stereocenters. The fourth-order valence-electron chi connectivity index (χ4n) is 3.29. The molecule has 2 aliphatic rings. The van der Waals surface area contributed by atoms with Crippen LogP contribution in [0.25, 0.3) is 0 Å². The summed E-state index contributed by atoms with van der Waals surface area (Å²) in [7, 11) is 0. The van der Waals surface area contributed by atoms with Crippen LogP contribution in [0.4, 0.5) is 4.39 Å². The first-order valence-corrected chi connectivity index (χ1v) is 7.92. The average molecular weight is 315 g/mol. The van der Waals surface area contributed by atoms with Crippen LogP contribution in [-0.2, 0) is 5.60 Å². The number of likely N-dealkylation sites (tertiary alicyclic amines) is 1. The summed E-state index contributed by atoms with van der Waals surface area (Å²) in [6.45, 7) is 0.689. The van der Waals surface area contributed by atoms with E-state index in [1.807, 2.05) is 0 Å². The van der Waals surface area contributed by atoms with E-state index in [1.54, 1.807) is 29.4 Å². The quantitative estimate of drug-likeness (QED) is 0.947. The third-order valence-electron chi connectivity index (χ3n) is 4.79. The number of hydrogen-bond acceptors (Lipinski definition) is 3. The number of aliphatic hydroxyl groups is 1. The van der Waals surface area contributed by atoms with Crippen molar-refractivity contribution in [2.75, 3.05) is 13.1 Å². The Bertz CT molecular complexity index is 735. The van der Waals surface area contributed by atoms with Crippen molar-refractivity contribution in [3.8, 4) is 0 Å². The highest BCUT2D eigenvalue weighted by atomic mass is 19.1. The minimum Gasteiger partial charge on any atom is -0.468 e. The highest BCUT2D eigenvalue weighted by molar-refractivity contribution is 5.95. The zero-order valence-corrected chi connectivity index (χ0v) is 12.7. The van der Waals surface area contributed by atoms with Gasteiger partial charge in [0.2, 0.25) is 0 Å². The number of hydrogen-bond donors (Lipinski definition) is 1. The molecule has 5 heteroatoms. The van der Waals surface area contributed by atoms with Gasteiger partial charge in [-0.25, -0.2) is 4.39 Å². The molecule has 1 N–H and O–H groups in total. The molecule has 4 nitrogen and oxygen atoms in total. The van der Waals surface area contributed by atoms with E-state index in [2.05, 4.69) is 0 Å². The highest BCUT2D eigenvalue weighted by Gasteiger charge is 2.41. The predicted molar refractivity (Wildman–Crippen MR) is 81.5 cm³/mol. The lowest BCUT2D eigenvalue weighted by molar-refractivity contribution is 0.0416. The van der Waals surface area contributed by atoms with Gasteiger partial charge in [0, 0.05) is 12.5 Å². The smallest absolute Gasteiger partial charge is 0.257 e. The first-order chi connectivity index (χ1) is 11.1. The number of benzene rings is 1. The van der Waals surface area contributed by atoms with E-state index < -0.39 is 5.60 Å². The summed E-state index contributed by atoms with van der Waals surface area (Å²) < 4.78 is 18.5. The van der Waals surface area contributed by atoms with Gasteiger partial charge in [-0.1, -0.05) is 12.1 Å². The van der Waals surface area contributed by atoms with Crippen molar-refractivity contribution in [2.24, 2.45) is 0 Å². The average Bonchev–Trinajstić information content (AvgIpc) is 3.13. The van der Waals surface area contributed by atoms with Crippen LogP contribution in [0.5, 0.6) is 0 Å². The number of carbonyl (C=O) groups is 1. The molecule has 2 aromatic rings. The lowest BCUT2D eigenvalue weighted by Crippen LogP contribution is -2.34. The molecule has 120 valence electrons. The maximum absolute atomic E-state index is 13.1. The van der Waals surface area contributed by atoms with Crippen LogP contribution in [0, 0.1) is 5.82 Å². The second kappa shape index (κ2) is 5.20. The van der Waals surface area contributed by atoms with Crippen molar-refractivity contribution in [3.63, 3.8) is 0 Å². The van der Waals surface area contributed by atoms with Crippen LogP contribution in [0.3, 0.4) is 0 Å². The van der Waals surface area contributed by atoms with Gasteiger partial charge in [-0.2, -0.15) is 0 Å². The monoisotopic (exact) mass is 315 g/mol. The van der Waals surface area contributed by atoms with Crippen LogP contribution in [0.1, 0.15) is 46.9 Å². The second-order valence-electron chi connectivity index (χ2n) is 6.49. The molecular weight excluding hydrogens is 297 g/mol. The Morgan fingerprint density at radius 1 is 1.26 bits per heavy atom. The second-order valence-corrected chi connectivity index (χ2v) is 6.49. The van der Waals surface area contributed by atoms with E-state index in [9.17, 15) is 14.3 Å². The molecule has 0 bridgehead atoms. The zero-order chi connectivity index (χ0) is 16.0.